The van der Waals surface area contributed by atoms with E-state index in [9.17, 15) is 9.18 Å². The molecule has 0 N–H and O–H groups in total. The maximum absolute atomic E-state index is 13.4. The Morgan fingerprint density at radius 3 is 2.80 bits per heavy atom. The van der Waals surface area contributed by atoms with Crippen molar-refractivity contribution in [1.29, 1.82) is 0 Å². The molecule has 7 nitrogen and oxygen atoms in total. The lowest BCUT2D eigenvalue weighted by molar-refractivity contribution is 0.0630. The van der Waals surface area contributed by atoms with Crippen LogP contribution in [-0.2, 0) is 0 Å². The molecule has 156 valence electrons. The van der Waals surface area contributed by atoms with Crippen molar-refractivity contribution in [2.24, 2.45) is 5.92 Å². The number of piperidine rings is 1. The third-order valence-corrected chi connectivity index (χ3v) is 5.31. The van der Waals surface area contributed by atoms with Gasteiger partial charge in [-0.1, -0.05) is 11.6 Å². The predicted molar refractivity (Wildman–Crippen MR) is 109 cm³/mol. The van der Waals surface area contributed by atoms with Gasteiger partial charge in [0.25, 0.3) is 5.91 Å². The second-order valence-electron chi connectivity index (χ2n) is 7.68. The van der Waals surface area contributed by atoms with Gasteiger partial charge in [-0.25, -0.2) is 9.37 Å². The molecule has 0 radical (unpaired) electrons. The Hall–Kier alpha value is -3.29. The van der Waals surface area contributed by atoms with Crippen molar-refractivity contribution in [1.82, 2.24) is 24.9 Å². The van der Waals surface area contributed by atoms with Crippen LogP contribution in [0.15, 0.2) is 42.9 Å². The number of amides is 1. The summed E-state index contributed by atoms with van der Waals surface area (Å²) in [5.41, 5.74) is 2.76. The number of carbonyl (C=O) groups excluding carboxylic acids is 1. The number of rotatable bonds is 5. The highest BCUT2D eigenvalue weighted by Crippen LogP contribution is 2.23. The molecular formula is C22H24FN5O2. The molecule has 0 saturated carbocycles. The van der Waals surface area contributed by atoms with Gasteiger partial charge in [-0.05, 0) is 44.4 Å². The highest BCUT2D eigenvalue weighted by atomic mass is 19.1. The van der Waals surface area contributed by atoms with Crippen LogP contribution in [0.2, 0.25) is 0 Å². The third kappa shape index (κ3) is 4.32. The van der Waals surface area contributed by atoms with Crippen LogP contribution < -0.4 is 4.74 Å². The summed E-state index contributed by atoms with van der Waals surface area (Å²) in [4.78, 5) is 20.6. The minimum atomic E-state index is -0.350. The van der Waals surface area contributed by atoms with E-state index in [0.717, 1.165) is 18.4 Å². The van der Waals surface area contributed by atoms with E-state index in [0.29, 0.717) is 42.4 Å². The molecule has 1 aliphatic heterocycles. The van der Waals surface area contributed by atoms with Gasteiger partial charge in [0.05, 0.1) is 36.4 Å². The van der Waals surface area contributed by atoms with Crippen LogP contribution in [-0.4, -0.2) is 50.5 Å². The number of aromatic nitrogens is 4. The predicted octanol–water partition coefficient (Wildman–Crippen LogP) is 3.35. The summed E-state index contributed by atoms with van der Waals surface area (Å²) in [5, 5.41) is 8.35. The van der Waals surface area contributed by atoms with Gasteiger partial charge >= 0.3 is 0 Å². The van der Waals surface area contributed by atoms with Crippen LogP contribution in [0.1, 0.15) is 34.3 Å². The summed E-state index contributed by atoms with van der Waals surface area (Å²) in [6.45, 7) is 5.37. The lowest BCUT2D eigenvalue weighted by Crippen LogP contribution is -2.42. The van der Waals surface area contributed by atoms with Crippen LogP contribution in [0.4, 0.5) is 4.39 Å². The number of benzene rings is 1. The molecule has 0 bridgehead atoms. The summed E-state index contributed by atoms with van der Waals surface area (Å²) in [5.74, 6) is 0.206. The van der Waals surface area contributed by atoms with Gasteiger partial charge in [-0.3, -0.25) is 4.79 Å². The quantitative estimate of drug-likeness (QED) is 0.646. The second-order valence-corrected chi connectivity index (χ2v) is 7.68. The van der Waals surface area contributed by atoms with Crippen molar-refractivity contribution in [3.63, 3.8) is 0 Å². The van der Waals surface area contributed by atoms with Crippen LogP contribution in [0.5, 0.6) is 5.88 Å². The fourth-order valence-corrected chi connectivity index (χ4v) is 3.69. The largest absolute Gasteiger partial charge is 0.477 e. The van der Waals surface area contributed by atoms with E-state index in [1.807, 2.05) is 30.0 Å². The van der Waals surface area contributed by atoms with Gasteiger partial charge in [0.1, 0.15) is 5.82 Å². The number of likely N-dealkylation sites (tertiary alicyclic amines) is 1. The number of hydrogen-bond donors (Lipinski definition) is 0. The molecule has 1 aromatic carbocycles. The molecule has 1 unspecified atom stereocenters. The van der Waals surface area contributed by atoms with Crippen LogP contribution in [0, 0.1) is 25.6 Å². The molecule has 1 aliphatic rings. The van der Waals surface area contributed by atoms with Crippen molar-refractivity contribution in [3.8, 4) is 11.6 Å². The van der Waals surface area contributed by atoms with E-state index in [1.165, 1.54) is 11.0 Å². The van der Waals surface area contributed by atoms with Gasteiger partial charge in [0.15, 0.2) is 0 Å². The van der Waals surface area contributed by atoms with E-state index in [4.69, 9.17) is 4.74 Å². The zero-order chi connectivity index (χ0) is 21.1. The monoisotopic (exact) mass is 409 g/mol. The van der Waals surface area contributed by atoms with Gasteiger partial charge in [-0.15, -0.1) is 0 Å². The van der Waals surface area contributed by atoms with Crippen molar-refractivity contribution >= 4 is 5.91 Å². The van der Waals surface area contributed by atoms with Gasteiger partial charge < -0.3 is 9.64 Å². The lowest BCUT2D eigenvalue weighted by atomic mass is 9.97. The Morgan fingerprint density at radius 1 is 1.23 bits per heavy atom. The zero-order valence-corrected chi connectivity index (χ0v) is 17.1. The van der Waals surface area contributed by atoms with Crippen molar-refractivity contribution in [2.75, 3.05) is 19.7 Å². The minimum absolute atomic E-state index is 0.0357. The van der Waals surface area contributed by atoms with Gasteiger partial charge in [0.2, 0.25) is 5.88 Å². The molecular weight excluding hydrogens is 385 g/mol. The Labute approximate surface area is 174 Å². The molecule has 0 spiro atoms. The number of carbonyl (C=O) groups is 1. The maximum atomic E-state index is 13.4. The molecule has 0 aliphatic carbocycles. The molecule has 1 amide bonds. The van der Waals surface area contributed by atoms with Crippen LogP contribution in [0.3, 0.4) is 0 Å². The number of hydrogen-bond acceptors (Lipinski definition) is 5. The fraction of sp³-hybridized carbons (Fsp3) is 0.364. The summed E-state index contributed by atoms with van der Waals surface area (Å²) in [7, 11) is 0. The number of nitrogens with zero attached hydrogens (tertiary/aromatic N) is 5. The second kappa shape index (κ2) is 8.61. The number of halogens is 1. The first kappa shape index (κ1) is 20.0. The number of aryl methyl sites for hydroxylation is 2. The first-order valence-corrected chi connectivity index (χ1v) is 10.0. The average molecular weight is 409 g/mol. The normalized spacial score (nSPS) is 16.5. The van der Waals surface area contributed by atoms with Crippen LogP contribution in [0.25, 0.3) is 5.69 Å². The molecule has 8 heteroatoms. The van der Waals surface area contributed by atoms with Crippen LogP contribution >= 0.6 is 0 Å². The number of ether oxygens (including phenoxy) is 1. The fourth-order valence-electron chi connectivity index (χ4n) is 3.69. The SMILES string of the molecule is Cc1ccc(-n2nccn2)c(C(=O)N2CCCC(COc3cc(C)c(F)cn3)C2)c1. The standard InChI is InChI=1S/C22H24FN5O2/c1-15-5-6-20(28-25-7-8-26-28)18(10-15)22(29)27-9-3-4-17(13-27)14-30-21-11-16(2)19(23)12-24-21/h5-8,10-12,17H,3-4,9,13-14H2,1-2H3. The Morgan fingerprint density at radius 2 is 2.03 bits per heavy atom. The smallest absolute Gasteiger partial charge is 0.256 e. The lowest BCUT2D eigenvalue weighted by Gasteiger charge is -2.33. The van der Waals surface area contributed by atoms with E-state index < -0.39 is 0 Å². The molecule has 1 saturated heterocycles. The molecule has 2 aromatic heterocycles. The molecule has 30 heavy (non-hydrogen) atoms. The minimum Gasteiger partial charge on any atom is -0.477 e. The molecule has 1 atom stereocenters. The summed E-state index contributed by atoms with van der Waals surface area (Å²) in [6.07, 6.45) is 6.22. The van der Waals surface area contributed by atoms with Crippen molar-refractivity contribution < 1.29 is 13.9 Å². The topological polar surface area (TPSA) is 73.1 Å². The van der Waals surface area contributed by atoms with Crippen molar-refractivity contribution in [3.05, 3.63) is 65.4 Å². The van der Waals surface area contributed by atoms with E-state index in [-0.39, 0.29) is 17.6 Å². The molecule has 1 fully saturated rings. The van der Waals surface area contributed by atoms with E-state index in [2.05, 4.69) is 15.2 Å². The summed E-state index contributed by atoms with van der Waals surface area (Å²) in [6, 6.07) is 7.29. The van der Waals surface area contributed by atoms with Gasteiger partial charge in [-0.2, -0.15) is 15.0 Å². The highest BCUT2D eigenvalue weighted by molar-refractivity contribution is 5.98. The Bertz CT molecular complexity index is 1040. The highest BCUT2D eigenvalue weighted by Gasteiger charge is 2.27. The molecule has 3 aromatic rings. The number of pyridine rings is 1. The Kier molecular flexibility index (Phi) is 5.74. The van der Waals surface area contributed by atoms with Crippen molar-refractivity contribution in [2.45, 2.75) is 26.7 Å². The van der Waals surface area contributed by atoms with Gasteiger partial charge in [0, 0.05) is 25.1 Å². The molecule has 3 heterocycles. The van der Waals surface area contributed by atoms with E-state index in [1.54, 1.807) is 25.4 Å². The first-order valence-electron chi connectivity index (χ1n) is 10.0. The zero-order valence-electron chi connectivity index (χ0n) is 17.1. The summed E-state index contributed by atoms with van der Waals surface area (Å²) >= 11 is 0. The maximum Gasteiger partial charge on any atom is 0.256 e. The summed E-state index contributed by atoms with van der Waals surface area (Å²) < 4.78 is 19.2. The average Bonchev–Trinajstić information content (AvgIpc) is 3.29. The van der Waals surface area contributed by atoms with E-state index >= 15 is 0 Å². The Balaban J connectivity index is 1.46. The molecule has 4 rings (SSSR count). The third-order valence-electron chi connectivity index (χ3n) is 5.31. The first-order chi connectivity index (χ1) is 14.5.